The number of nitrogens with zero attached hydrogens (tertiary/aromatic N) is 1. The molecule has 1 aliphatic heterocycles. The minimum atomic E-state index is -3.46. The SMILES string of the molecule is O=S(=O)(c1ccc(Br)cc1)N1CCc2ccccc21. The van der Waals surface area contributed by atoms with Crippen molar-refractivity contribution in [3.8, 4) is 0 Å². The monoisotopic (exact) mass is 337 g/mol. The molecule has 0 aromatic heterocycles. The molecule has 0 unspecified atom stereocenters. The van der Waals surface area contributed by atoms with Crippen LogP contribution in [0, 0.1) is 0 Å². The van der Waals surface area contributed by atoms with Gasteiger partial charge in [-0.15, -0.1) is 0 Å². The summed E-state index contributed by atoms with van der Waals surface area (Å²) in [7, 11) is -3.46. The maximum atomic E-state index is 12.6. The first kappa shape index (κ1) is 12.7. The summed E-state index contributed by atoms with van der Waals surface area (Å²) in [4.78, 5) is 0.326. The standard InChI is InChI=1S/C14H12BrNO2S/c15-12-5-7-13(8-6-12)19(17,18)16-10-9-11-3-1-2-4-14(11)16/h1-8H,9-10H2. The van der Waals surface area contributed by atoms with Crippen molar-refractivity contribution in [2.45, 2.75) is 11.3 Å². The molecular weight excluding hydrogens is 326 g/mol. The number of sulfonamides is 1. The molecule has 1 aliphatic rings. The summed E-state index contributed by atoms with van der Waals surface area (Å²) in [5.74, 6) is 0. The van der Waals surface area contributed by atoms with Gasteiger partial charge in [-0.3, -0.25) is 4.31 Å². The third-order valence-corrected chi connectivity index (χ3v) is 5.60. The molecule has 0 atom stereocenters. The fraction of sp³-hybridized carbons (Fsp3) is 0.143. The zero-order valence-electron chi connectivity index (χ0n) is 10.1. The second kappa shape index (κ2) is 4.65. The van der Waals surface area contributed by atoms with Gasteiger partial charge in [0, 0.05) is 11.0 Å². The predicted octanol–water partition coefficient (Wildman–Crippen LogP) is 3.20. The molecule has 0 saturated carbocycles. The number of hydrogen-bond donors (Lipinski definition) is 0. The van der Waals surface area contributed by atoms with Crippen LogP contribution in [-0.2, 0) is 16.4 Å². The summed E-state index contributed by atoms with van der Waals surface area (Å²) in [5, 5.41) is 0. The minimum Gasteiger partial charge on any atom is -0.266 e. The van der Waals surface area contributed by atoms with E-state index in [-0.39, 0.29) is 0 Å². The van der Waals surface area contributed by atoms with E-state index in [0.29, 0.717) is 11.4 Å². The van der Waals surface area contributed by atoms with Crippen molar-refractivity contribution in [2.75, 3.05) is 10.8 Å². The fourth-order valence-electron chi connectivity index (χ4n) is 2.29. The van der Waals surface area contributed by atoms with Crippen LogP contribution in [-0.4, -0.2) is 15.0 Å². The molecule has 0 radical (unpaired) electrons. The van der Waals surface area contributed by atoms with Gasteiger partial charge in [0.15, 0.2) is 0 Å². The number of benzene rings is 2. The largest absolute Gasteiger partial charge is 0.266 e. The highest BCUT2D eigenvalue weighted by Gasteiger charge is 2.30. The summed E-state index contributed by atoms with van der Waals surface area (Å²) in [5.41, 5.74) is 1.88. The van der Waals surface area contributed by atoms with Crippen molar-refractivity contribution < 1.29 is 8.42 Å². The lowest BCUT2D eigenvalue weighted by atomic mass is 10.2. The van der Waals surface area contributed by atoms with Crippen LogP contribution in [0.1, 0.15) is 5.56 Å². The molecule has 2 aromatic rings. The van der Waals surface area contributed by atoms with E-state index < -0.39 is 10.0 Å². The number of para-hydroxylation sites is 1. The zero-order valence-corrected chi connectivity index (χ0v) is 12.5. The van der Waals surface area contributed by atoms with Gasteiger partial charge in [-0.1, -0.05) is 34.1 Å². The van der Waals surface area contributed by atoms with Crippen molar-refractivity contribution >= 4 is 31.6 Å². The Hall–Kier alpha value is -1.33. The summed E-state index contributed by atoms with van der Waals surface area (Å²) in [6.07, 6.45) is 0.770. The van der Waals surface area contributed by atoms with Crippen LogP contribution in [0.15, 0.2) is 57.9 Å². The van der Waals surface area contributed by atoms with Crippen LogP contribution in [0.4, 0.5) is 5.69 Å². The first-order chi connectivity index (χ1) is 9.09. The van der Waals surface area contributed by atoms with Gasteiger partial charge in [0.05, 0.1) is 10.6 Å². The number of hydrogen-bond acceptors (Lipinski definition) is 2. The Kier molecular flexibility index (Phi) is 3.11. The summed E-state index contributed by atoms with van der Waals surface area (Å²) < 4.78 is 27.6. The van der Waals surface area contributed by atoms with Crippen LogP contribution in [0.5, 0.6) is 0 Å². The van der Waals surface area contributed by atoms with Crippen LogP contribution >= 0.6 is 15.9 Å². The quantitative estimate of drug-likeness (QED) is 0.843. The van der Waals surface area contributed by atoms with E-state index in [2.05, 4.69) is 15.9 Å². The van der Waals surface area contributed by atoms with Gasteiger partial charge in [0.2, 0.25) is 0 Å². The molecule has 0 spiro atoms. The molecular formula is C14H12BrNO2S. The van der Waals surface area contributed by atoms with Crippen molar-refractivity contribution in [1.82, 2.24) is 0 Å². The highest BCUT2D eigenvalue weighted by Crippen LogP contribution is 2.32. The molecule has 3 nitrogen and oxygen atoms in total. The average Bonchev–Trinajstić information content (AvgIpc) is 2.83. The molecule has 0 bridgehead atoms. The number of fused-ring (bicyclic) bond motifs is 1. The molecule has 2 aromatic carbocycles. The van der Waals surface area contributed by atoms with Crippen LogP contribution in [0.3, 0.4) is 0 Å². The third-order valence-electron chi connectivity index (χ3n) is 3.25. The zero-order chi connectivity index (χ0) is 13.5. The maximum Gasteiger partial charge on any atom is 0.264 e. The summed E-state index contributed by atoms with van der Waals surface area (Å²) in [6.45, 7) is 0.512. The summed E-state index contributed by atoms with van der Waals surface area (Å²) in [6, 6.07) is 14.4. The van der Waals surface area contributed by atoms with E-state index in [9.17, 15) is 8.42 Å². The first-order valence-electron chi connectivity index (χ1n) is 5.95. The Labute approximate surface area is 121 Å². The Bertz CT molecular complexity index is 710. The van der Waals surface area contributed by atoms with Crippen molar-refractivity contribution in [2.24, 2.45) is 0 Å². The van der Waals surface area contributed by atoms with Crippen LogP contribution in [0.2, 0.25) is 0 Å². The Morgan fingerprint density at radius 1 is 1.00 bits per heavy atom. The Morgan fingerprint density at radius 2 is 1.68 bits per heavy atom. The fourth-order valence-corrected chi connectivity index (χ4v) is 4.06. The molecule has 0 saturated heterocycles. The predicted molar refractivity (Wildman–Crippen MR) is 78.8 cm³/mol. The number of anilines is 1. The number of rotatable bonds is 2. The number of halogens is 1. The Balaban J connectivity index is 2.05. The molecule has 98 valence electrons. The van der Waals surface area contributed by atoms with E-state index in [0.717, 1.165) is 22.1 Å². The van der Waals surface area contributed by atoms with Crippen molar-refractivity contribution in [1.29, 1.82) is 0 Å². The molecule has 0 fully saturated rings. The second-order valence-electron chi connectivity index (χ2n) is 4.41. The van der Waals surface area contributed by atoms with E-state index in [1.165, 1.54) is 4.31 Å². The minimum absolute atomic E-state index is 0.326. The lowest BCUT2D eigenvalue weighted by molar-refractivity contribution is 0.592. The van der Waals surface area contributed by atoms with Gasteiger partial charge < -0.3 is 0 Å². The van der Waals surface area contributed by atoms with Gasteiger partial charge >= 0.3 is 0 Å². The van der Waals surface area contributed by atoms with Crippen molar-refractivity contribution in [3.05, 3.63) is 58.6 Å². The smallest absolute Gasteiger partial charge is 0.264 e. The average molecular weight is 338 g/mol. The van der Waals surface area contributed by atoms with Crippen molar-refractivity contribution in [3.63, 3.8) is 0 Å². The van der Waals surface area contributed by atoms with Gasteiger partial charge in [-0.2, -0.15) is 0 Å². The molecule has 3 rings (SSSR count). The topological polar surface area (TPSA) is 37.4 Å². The first-order valence-corrected chi connectivity index (χ1v) is 8.18. The molecule has 0 N–H and O–H groups in total. The highest BCUT2D eigenvalue weighted by atomic mass is 79.9. The second-order valence-corrected chi connectivity index (χ2v) is 7.19. The van der Waals surface area contributed by atoms with Crippen LogP contribution < -0.4 is 4.31 Å². The lowest BCUT2D eigenvalue weighted by Gasteiger charge is -2.19. The normalized spacial score (nSPS) is 14.5. The van der Waals surface area contributed by atoms with E-state index in [1.54, 1.807) is 24.3 Å². The molecule has 0 amide bonds. The maximum absolute atomic E-state index is 12.6. The van der Waals surface area contributed by atoms with Crippen LogP contribution in [0.25, 0.3) is 0 Å². The molecule has 0 aliphatic carbocycles. The van der Waals surface area contributed by atoms with E-state index in [1.807, 2.05) is 24.3 Å². The van der Waals surface area contributed by atoms with E-state index in [4.69, 9.17) is 0 Å². The third kappa shape index (κ3) is 2.17. The lowest BCUT2D eigenvalue weighted by Crippen LogP contribution is -2.29. The van der Waals surface area contributed by atoms with Gasteiger partial charge in [0.1, 0.15) is 0 Å². The molecule has 19 heavy (non-hydrogen) atoms. The van der Waals surface area contributed by atoms with E-state index >= 15 is 0 Å². The van der Waals surface area contributed by atoms with Gasteiger partial charge in [0.25, 0.3) is 10.0 Å². The Morgan fingerprint density at radius 3 is 2.42 bits per heavy atom. The molecule has 5 heteroatoms. The molecule has 1 heterocycles. The highest BCUT2D eigenvalue weighted by molar-refractivity contribution is 9.10. The van der Waals surface area contributed by atoms with Gasteiger partial charge in [-0.05, 0) is 42.3 Å². The van der Waals surface area contributed by atoms with Gasteiger partial charge in [-0.25, -0.2) is 8.42 Å². The summed E-state index contributed by atoms with van der Waals surface area (Å²) >= 11 is 3.31.